The van der Waals surface area contributed by atoms with Crippen LogP contribution < -0.4 is 5.73 Å². The molecule has 2 aromatic heterocycles. The van der Waals surface area contributed by atoms with Gasteiger partial charge in [-0.1, -0.05) is 13.0 Å². The van der Waals surface area contributed by atoms with Crippen molar-refractivity contribution in [2.75, 3.05) is 13.1 Å². The summed E-state index contributed by atoms with van der Waals surface area (Å²) < 4.78 is 0. The maximum Gasteiger partial charge on any atom is 0.269 e. The third-order valence-electron chi connectivity index (χ3n) is 4.53. The second kappa shape index (κ2) is 7.17. The molecule has 1 aliphatic rings. The Labute approximate surface area is 145 Å². The quantitative estimate of drug-likeness (QED) is 0.869. The summed E-state index contributed by atoms with van der Waals surface area (Å²) in [5.74, 6) is -0.184. The molecular weight excluding hydrogens is 324 g/mol. The number of carbonyl (C=O) groups excluding carboxylic acids is 2. The second-order valence-corrected chi connectivity index (χ2v) is 7.41. The van der Waals surface area contributed by atoms with Gasteiger partial charge in [-0.05, 0) is 36.8 Å². The minimum atomic E-state index is -0.536. The van der Waals surface area contributed by atoms with Gasteiger partial charge in [0.25, 0.3) is 5.91 Å². The fourth-order valence-corrected chi connectivity index (χ4v) is 4.07. The lowest BCUT2D eigenvalue weighted by molar-refractivity contribution is -0.136. The van der Waals surface area contributed by atoms with Crippen LogP contribution in [0.2, 0.25) is 0 Å². The van der Waals surface area contributed by atoms with Gasteiger partial charge < -0.3 is 10.6 Å². The van der Waals surface area contributed by atoms with Crippen molar-refractivity contribution in [1.29, 1.82) is 0 Å². The van der Waals surface area contributed by atoms with Crippen molar-refractivity contribution in [3.63, 3.8) is 0 Å². The van der Waals surface area contributed by atoms with E-state index in [0.29, 0.717) is 6.54 Å². The maximum absolute atomic E-state index is 12.7. The van der Waals surface area contributed by atoms with E-state index in [0.717, 1.165) is 31.5 Å². The second-order valence-electron chi connectivity index (χ2n) is 6.38. The van der Waals surface area contributed by atoms with Crippen LogP contribution in [0.1, 0.15) is 46.7 Å². The van der Waals surface area contributed by atoms with Gasteiger partial charge in [0.15, 0.2) is 0 Å². The van der Waals surface area contributed by atoms with Crippen LogP contribution in [0.5, 0.6) is 0 Å². The number of H-pyrrole nitrogens is 1. The Kier molecular flexibility index (Phi) is 4.99. The zero-order valence-electron chi connectivity index (χ0n) is 13.7. The summed E-state index contributed by atoms with van der Waals surface area (Å²) in [5.41, 5.74) is 6.38. The number of nitrogens with one attached hydrogen (secondary N) is 1. The summed E-state index contributed by atoms with van der Waals surface area (Å²) >= 11 is 1.69. The largest absolute Gasteiger partial charge is 0.364 e. The fraction of sp³-hybridized carbons (Fsp3) is 0.471. The smallest absolute Gasteiger partial charge is 0.269 e. The normalized spacial score (nSPS) is 19.2. The van der Waals surface area contributed by atoms with Crippen molar-refractivity contribution < 1.29 is 9.59 Å². The van der Waals surface area contributed by atoms with Gasteiger partial charge in [-0.3, -0.25) is 14.7 Å². The molecule has 24 heavy (non-hydrogen) atoms. The van der Waals surface area contributed by atoms with E-state index in [2.05, 4.69) is 16.3 Å². The van der Waals surface area contributed by atoms with Crippen molar-refractivity contribution in [3.8, 4) is 0 Å². The number of likely N-dealkylation sites (tertiary alicyclic amines) is 1. The van der Waals surface area contributed by atoms with Crippen LogP contribution in [-0.2, 0) is 11.2 Å². The number of primary amides is 1. The number of nitrogens with two attached hydrogens (primary N) is 1. The van der Waals surface area contributed by atoms with E-state index in [-0.39, 0.29) is 23.4 Å². The average Bonchev–Trinajstić information content (AvgIpc) is 3.25. The molecule has 2 amide bonds. The standard InChI is InChI=1S/C17H22N4O2S/c1-11(8-13-5-3-7-24-13)17(23)21-6-2-4-12(10-21)14-9-15(16(18)22)20-19-14/h3,5,7,9,11-12H,2,4,6,8,10H2,1H3,(H2,18,22)(H,19,20)/t11-,12+/m1/s1. The van der Waals surface area contributed by atoms with E-state index < -0.39 is 5.91 Å². The highest BCUT2D eigenvalue weighted by Crippen LogP contribution is 2.27. The lowest BCUT2D eigenvalue weighted by Gasteiger charge is -2.34. The van der Waals surface area contributed by atoms with E-state index in [4.69, 9.17) is 5.73 Å². The highest BCUT2D eigenvalue weighted by Gasteiger charge is 2.29. The van der Waals surface area contributed by atoms with E-state index >= 15 is 0 Å². The molecule has 0 radical (unpaired) electrons. The Hall–Kier alpha value is -2.15. The number of aromatic nitrogens is 2. The van der Waals surface area contributed by atoms with Crippen LogP contribution >= 0.6 is 11.3 Å². The van der Waals surface area contributed by atoms with Crippen LogP contribution in [0.3, 0.4) is 0 Å². The van der Waals surface area contributed by atoms with Gasteiger partial charge in [-0.15, -0.1) is 11.3 Å². The summed E-state index contributed by atoms with van der Waals surface area (Å²) in [6, 6.07) is 5.79. The molecule has 2 aromatic rings. The molecule has 0 aromatic carbocycles. The molecular formula is C17H22N4O2S. The van der Waals surface area contributed by atoms with Crippen LogP contribution in [0.15, 0.2) is 23.6 Å². The van der Waals surface area contributed by atoms with Crippen LogP contribution in [-0.4, -0.2) is 40.0 Å². The summed E-state index contributed by atoms with van der Waals surface area (Å²) in [5, 5.41) is 8.88. The third kappa shape index (κ3) is 3.67. The molecule has 3 N–H and O–H groups in total. The number of rotatable bonds is 5. The number of hydrogen-bond donors (Lipinski definition) is 2. The molecule has 0 spiro atoms. The summed E-state index contributed by atoms with van der Waals surface area (Å²) in [7, 11) is 0. The monoisotopic (exact) mass is 346 g/mol. The molecule has 1 aliphatic heterocycles. The topological polar surface area (TPSA) is 92.1 Å². The molecule has 0 saturated carbocycles. The highest BCUT2D eigenvalue weighted by atomic mass is 32.1. The van der Waals surface area contributed by atoms with Gasteiger partial charge in [0.2, 0.25) is 5.91 Å². The Morgan fingerprint density at radius 1 is 1.54 bits per heavy atom. The van der Waals surface area contributed by atoms with Gasteiger partial charge in [-0.2, -0.15) is 5.10 Å². The Morgan fingerprint density at radius 2 is 2.38 bits per heavy atom. The third-order valence-corrected chi connectivity index (χ3v) is 5.43. The minimum absolute atomic E-state index is 0.0228. The molecule has 128 valence electrons. The maximum atomic E-state index is 12.7. The van der Waals surface area contributed by atoms with Crippen LogP contribution in [0, 0.1) is 5.92 Å². The van der Waals surface area contributed by atoms with Gasteiger partial charge in [0.05, 0.1) is 0 Å². The van der Waals surface area contributed by atoms with Crippen molar-refractivity contribution in [2.45, 2.75) is 32.1 Å². The van der Waals surface area contributed by atoms with E-state index in [1.807, 2.05) is 23.3 Å². The molecule has 0 bridgehead atoms. The Bertz CT molecular complexity index is 710. The van der Waals surface area contributed by atoms with E-state index in [1.54, 1.807) is 17.4 Å². The number of hydrogen-bond acceptors (Lipinski definition) is 4. The average molecular weight is 346 g/mol. The fourth-order valence-electron chi connectivity index (χ4n) is 3.23. The van der Waals surface area contributed by atoms with Crippen molar-refractivity contribution in [2.24, 2.45) is 11.7 Å². The molecule has 7 heteroatoms. The molecule has 3 rings (SSSR count). The zero-order valence-corrected chi connectivity index (χ0v) is 14.5. The molecule has 0 unspecified atom stereocenters. The number of nitrogens with zero attached hydrogens (tertiary/aromatic N) is 2. The van der Waals surface area contributed by atoms with Gasteiger partial charge in [0, 0.05) is 35.5 Å². The number of amides is 2. The van der Waals surface area contributed by atoms with Crippen LogP contribution in [0.4, 0.5) is 0 Å². The lowest BCUT2D eigenvalue weighted by atomic mass is 9.93. The molecule has 6 nitrogen and oxygen atoms in total. The summed E-state index contributed by atoms with van der Waals surface area (Å²) in [4.78, 5) is 27.1. The summed E-state index contributed by atoms with van der Waals surface area (Å²) in [6.07, 6.45) is 2.71. The number of carbonyl (C=O) groups is 2. The number of piperidine rings is 1. The van der Waals surface area contributed by atoms with Gasteiger partial charge in [0.1, 0.15) is 5.69 Å². The van der Waals surface area contributed by atoms with Crippen molar-refractivity contribution in [1.82, 2.24) is 15.1 Å². The zero-order chi connectivity index (χ0) is 17.1. The minimum Gasteiger partial charge on any atom is -0.364 e. The predicted octanol–water partition coefficient (Wildman–Crippen LogP) is 2.15. The molecule has 1 fully saturated rings. The number of thiophene rings is 1. The highest BCUT2D eigenvalue weighted by molar-refractivity contribution is 7.09. The predicted molar refractivity (Wildman–Crippen MR) is 92.8 cm³/mol. The van der Waals surface area contributed by atoms with E-state index in [1.165, 1.54) is 4.88 Å². The first-order valence-electron chi connectivity index (χ1n) is 8.21. The Balaban J connectivity index is 1.63. The van der Waals surface area contributed by atoms with Crippen molar-refractivity contribution >= 4 is 23.2 Å². The summed E-state index contributed by atoms with van der Waals surface area (Å²) in [6.45, 7) is 3.45. The number of aromatic amines is 1. The first-order chi connectivity index (χ1) is 11.5. The van der Waals surface area contributed by atoms with E-state index in [9.17, 15) is 9.59 Å². The molecule has 2 atom stereocenters. The molecule has 1 saturated heterocycles. The molecule has 0 aliphatic carbocycles. The van der Waals surface area contributed by atoms with Crippen molar-refractivity contribution in [3.05, 3.63) is 39.8 Å². The van der Waals surface area contributed by atoms with Crippen LogP contribution in [0.25, 0.3) is 0 Å². The van der Waals surface area contributed by atoms with Gasteiger partial charge >= 0.3 is 0 Å². The Morgan fingerprint density at radius 3 is 3.04 bits per heavy atom. The molecule has 3 heterocycles. The first-order valence-corrected chi connectivity index (χ1v) is 9.09. The lowest BCUT2D eigenvalue weighted by Crippen LogP contribution is -2.42. The first kappa shape index (κ1) is 16.7. The van der Waals surface area contributed by atoms with Gasteiger partial charge in [-0.25, -0.2) is 0 Å². The SMILES string of the molecule is C[C@H](Cc1cccs1)C(=O)N1CCC[C@H](c2cc(C(N)=O)n[nH]2)C1.